The summed E-state index contributed by atoms with van der Waals surface area (Å²) >= 11 is 0. The average Bonchev–Trinajstić information content (AvgIpc) is 2.43. The van der Waals surface area contributed by atoms with Gasteiger partial charge in [0.2, 0.25) is 0 Å². The van der Waals surface area contributed by atoms with Gasteiger partial charge in [-0.15, -0.1) is 0 Å². The monoisotopic (exact) mass is 283 g/mol. The highest BCUT2D eigenvalue weighted by atomic mass is 16.4. The van der Waals surface area contributed by atoms with Gasteiger partial charge in [0, 0.05) is 39.3 Å². The Morgan fingerprint density at radius 1 is 1.30 bits per heavy atom. The van der Waals surface area contributed by atoms with Crippen molar-refractivity contribution in [3.8, 4) is 0 Å². The van der Waals surface area contributed by atoms with E-state index in [1.54, 1.807) is 16.7 Å². The molecule has 20 heavy (non-hydrogen) atoms. The summed E-state index contributed by atoms with van der Waals surface area (Å²) in [4.78, 5) is 28.7. The number of likely N-dealkylation sites (N-methyl/N-ethyl adjacent to an activating group) is 1. The zero-order chi connectivity index (χ0) is 15.3. The Morgan fingerprint density at radius 2 is 1.85 bits per heavy atom. The van der Waals surface area contributed by atoms with Gasteiger partial charge in [-0.05, 0) is 20.8 Å². The summed E-state index contributed by atoms with van der Waals surface area (Å²) in [7, 11) is 0. The van der Waals surface area contributed by atoms with E-state index in [1.807, 2.05) is 18.7 Å². The van der Waals surface area contributed by atoms with Crippen molar-refractivity contribution in [2.24, 2.45) is 0 Å². The topological polar surface area (TPSA) is 64.1 Å². The van der Waals surface area contributed by atoms with E-state index in [2.05, 4.69) is 6.58 Å². The first kappa shape index (κ1) is 16.5. The molecular formula is C14H25N3O3. The maximum Gasteiger partial charge on any atom is 0.320 e. The smallest absolute Gasteiger partial charge is 0.320 e. The molecule has 0 spiro atoms. The first-order valence-electron chi connectivity index (χ1n) is 7.01. The van der Waals surface area contributed by atoms with Crippen LogP contribution in [0.15, 0.2) is 12.2 Å². The summed E-state index contributed by atoms with van der Waals surface area (Å²) in [5.41, 5.74) is 0.957. The summed E-state index contributed by atoms with van der Waals surface area (Å²) in [5, 5.41) is 8.99. The molecule has 1 saturated heterocycles. The van der Waals surface area contributed by atoms with E-state index in [-0.39, 0.29) is 6.03 Å². The van der Waals surface area contributed by atoms with Gasteiger partial charge in [0.15, 0.2) is 0 Å². The molecule has 0 aromatic rings. The van der Waals surface area contributed by atoms with Crippen molar-refractivity contribution < 1.29 is 14.7 Å². The second kappa shape index (κ2) is 7.28. The van der Waals surface area contributed by atoms with Gasteiger partial charge in [-0.25, -0.2) is 4.79 Å². The molecule has 1 heterocycles. The molecule has 0 aromatic heterocycles. The largest absolute Gasteiger partial charge is 0.480 e. The van der Waals surface area contributed by atoms with Crippen LogP contribution in [0, 0.1) is 0 Å². The van der Waals surface area contributed by atoms with Gasteiger partial charge in [-0.2, -0.15) is 0 Å². The lowest BCUT2D eigenvalue weighted by Gasteiger charge is -2.38. The van der Waals surface area contributed by atoms with Crippen molar-refractivity contribution in [2.75, 3.05) is 39.3 Å². The quantitative estimate of drug-likeness (QED) is 0.767. The molecule has 0 bridgehead atoms. The predicted octanol–water partition coefficient (Wildman–Crippen LogP) is 1.10. The van der Waals surface area contributed by atoms with Crippen molar-refractivity contribution in [1.29, 1.82) is 0 Å². The number of nitrogens with zero attached hydrogens (tertiary/aromatic N) is 3. The lowest BCUT2D eigenvalue weighted by Crippen LogP contribution is -2.55. The molecule has 1 aliphatic heterocycles. The molecule has 1 N–H and O–H groups in total. The number of carbonyl (C=O) groups excluding carboxylic acids is 1. The number of urea groups is 1. The Hall–Kier alpha value is -1.56. The third kappa shape index (κ3) is 4.23. The molecule has 1 rings (SSSR count). The summed E-state index contributed by atoms with van der Waals surface area (Å²) in [6.45, 7) is 12.9. The van der Waals surface area contributed by atoms with E-state index >= 15 is 0 Å². The van der Waals surface area contributed by atoms with Crippen molar-refractivity contribution in [3.05, 3.63) is 12.2 Å². The molecule has 6 heteroatoms. The molecule has 6 nitrogen and oxygen atoms in total. The highest BCUT2D eigenvalue weighted by molar-refractivity contribution is 5.75. The Bertz CT molecular complexity index is 376. The second-order valence-corrected chi connectivity index (χ2v) is 5.29. The highest BCUT2D eigenvalue weighted by Crippen LogP contribution is 2.10. The van der Waals surface area contributed by atoms with Crippen LogP contribution in [0.4, 0.5) is 4.79 Å². The van der Waals surface area contributed by atoms with Gasteiger partial charge in [-0.3, -0.25) is 9.69 Å². The van der Waals surface area contributed by atoms with Gasteiger partial charge < -0.3 is 14.9 Å². The molecule has 1 unspecified atom stereocenters. The molecule has 1 aliphatic rings. The third-order valence-corrected chi connectivity index (χ3v) is 3.60. The van der Waals surface area contributed by atoms with Crippen LogP contribution in [0.3, 0.4) is 0 Å². The van der Waals surface area contributed by atoms with Crippen LogP contribution in [-0.2, 0) is 4.79 Å². The van der Waals surface area contributed by atoms with Crippen molar-refractivity contribution in [2.45, 2.75) is 26.8 Å². The highest BCUT2D eigenvalue weighted by Gasteiger charge is 2.28. The Kier molecular flexibility index (Phi) is 6.01. The van der Waals surface area contributed by atoms with E-state index in [0.29, 0.717) is 39.3 Å². The molecule has 0 aromatic carbocycles. The van der Waals surface area contributed by atoms with Crippen LogP contribution in [0.1, 0.15) is 20.8 Å². The lowest BCUT2D eigenvalue weighted by molar-refractivity contribution is -0.143. The number of hydrogen-bond donors (Lipinski definition) is 1. The van der Waals surface area contributed by atoms with Crippen LogP contribution in [0.25, 0.3) is 0 Å². The molecule has 2 amide bonds. The van der Waals surface area contributed by atoms with Gasteiger partial charge >= 0.3 is 12.0 Å². The fourth-order valence-corrected chi connectivity index (χ4v) is 2.30. The van der Waals surface area contributed by atoms with E-state index in [4.69, 9.17) is 5.11 Å². The summed E-state index contributed by atoms with van der Waals surface area (Å²) in [6.07, 6.45) is 0. The summed E-state index contributed by atoms with van der Waals surface area (Å²) < 4.78 is 0. The normalized spacial score (nSPS) is 17.6. The molecule has 0 saturated carbocycles. The average molecular weight is 283 g/mol. The molecule has 1 atom stereocenters. The van der Waals surface area contributed by atoms with Gasteiger partial charge in [-0.1, -0.05) is 12.2 Å². The fourth-order valence-electron chi connectivity index (χ4n) is 2.30. The van der Waals surface area contributed by atoms with Gasteiger partial charge in [0.25, 0.3) is 0 Å². The van der Waals surface area contributed by atoms with Crippen LogP contribution in [0.5, 0.6) is 0 Å². The fraction of sp³-hybridized carbons (Fsp3) is 0.714. The van der Waals surface area contributed by atoms with E-state index in [0.717, 1.165) is 5.57 Å². The van der Waals surface area contributed by atoms with Crippen LogP contribution in [-0.4, -0.2) is 77.1 Å². The molecule has 1 fully saturated rings. The SMILES string of the molecule is C=C(C)CN(CC)C(=O)N1CCN(C(C)C(=O)O)CC1. The maximum absolute atomic E-state index is 12.4. The number of carboxylic acid groups (broad SMARTS) is 1. The van der Waals surface area contributed by atoms with Gasteiger partial charge in [0.05, 0.1) is 0 Å². The van der Waals surface area contributed by atoms with Crippen LogP contribution < -0.4 is 0 Å². The number of carboxylic acids is 1. The first-order chi connectivity index (χ1) is 9.36. The minimum Gasteiger partial charge on any atom is -0.480 e. The number of carbonyl (C=O) groups is 2. The van der Waals surface area contributed by atoms with E-state index < -0.39 is 12.0 Å². The number of amides is 2. The first-order valence-corrected chi connectivity index (χ1v) is 7.01. The number of piperazine rings is 1. The molecule has 0 radical (unpaired) electrons. The zero-order valence-corrected chi connectivity index (χ0v) is 12.6. The van der Waals surface area contributed by atoms with Crippen molar-refractivity contribution in [3.63, 3.8) is 0 Å². The Labute approximate surface area is 120 Å². The number of aliphatic carboxylic acids is 1. The van der Waals surface area contributed by atoms with E-state index in [9.17, 15) is 9.59 Å². The van der Waals surface area contributed by atoms with Gasteiger partial charge in [0.1, 0.15) is 6.04 Å². The second-order valence-electron chi connectivity index (χ2n) is 5.29. The molecular weight excluding hydrogens is 258 g/mol. The Balaban J connectivity index is 2.53. The summed E-state index contributed by atoms with van der Waals surface area (Å²) in [5.74, 6) is -0.817. The minimum atomic E-state index is -0.817. The molecule has 0 aliphatic carbocycles. The lowest BCUT2D eigenvalue weighted by atomic mass is 10.2. The van der Waals surface area contributed by atoms with Crippen molar-refractivity contribution in [1.82, 2.24) is 14.7 Å². The van der Waals surface area contributed by atoms with Crippen LogP contribution >= 0.6 is 0 Å². The predicted molar refractivity (Wildman–Crippen MR) is 77.7 cm³/mol. The third-order valence-electron chi connectivity index (χ3n) is 3.60. The zero-order valence-electron chi connectivity index (χ0n) is 12.6. The number of hydrogen-bond acceptors (Lipinski definition) is 3. The maximum atomic E-state index is 12.4. The summed E-state index contributed by atoms with van der Waals surface area (Å²) in [6, 6.07) is -0.483. The van der Waals surface area contributed by atoms with Crippen LogP contribution in [0.2, 0.25) is 0 Å². The standard InChI is InChI=1S/C14H25N3O3/c1-5-15(10-11(2)3)14(20)17-8-6-16(7-9-17)12(4)13(18)19/h12H,2,5-10H2,1,3-4H3,(H,18,19). The van der Waals surface area contributed by atoms with E-state index in [1.165, 1.54) is 0 Å². The molecule has 114 valence electrons. The number of rotatable bonds is 5. The Morgan fingerprint density at radius 3 is 2.25 bits per heavy atom. The van der Waals surface area contributed by atoms with Crippen molar-refractivity contribution >= 4 is 12.0 Å². The minimum absolute atomic E-state index is 0.0122.